The summed E-state index contributed by atoms with van der Waals surface area (Å²) in [5, 5.41) is 0.407. The summed E-state index contributed by atoms with van der Waals surface area (Å²) < 4.78 is 0. The lowest BCUT2D eigenvalue weighted by atomic mass is 10.1. The molecule has 16 heavy (non-hydrogen) atoms. The van der Waals surface area contributed by atoms with Crippen molar-refractivity contribution in [2.45, 2.75) is 19.1 Å². The molecule has 1 aromatic carbocycles. The van der Waals surface area contributed by atoms with Gasteiger partial charge in [-0.2, -0.15) is 0 Å². The Bertz CT molecular complexity index is 407. The number of carbonyl (C=O) groups excluding carboxylic acids is 2. The van der Waals surface area contributed by atoms with Gasteiger partial charge in [0.2, 0.25) is 0 Å². The fraction of sp³-hybridized carbons (Fsp3) is 0.333. The van der Waals surface area contributed by atoms with E-state index in [4.69, 9.17) is 0 Å². The molecule has 2 rings (SSSR count). The molecule has 0 aliphatic carbocycles. The molecule has 1 aliphatic rings. The Balaban J connectivity index is 2.22. The van der Waals surface area contributed by atoms with Crippen LogP contribution in [0.5, 0.6) is 0 Å². The summed E-state index contributed by atoms with van der Waals surface area (Å²) in [6.45, 7) is 4.09. The van der Waals surface area contributed by atoms with Gasteiger partial charge in [0.25, 0.3) is 11.8 Å². The molecule has 0 saturated heterocycles. The van der Waals surface area contributed by atoms with Gasteiger partial charge < -0.3 is 0 Å². The van der Waals surface area contributed by atoms with Crippen LogP contribution in [0.4, 0.5) is 0 Å². The average molecular weight is 235 g/mol. The van der Waals surface area contributed by atoms with Crippen molar-refractivity contribution >= 4 is 23.6 Å². The van der Waals surface area contributed by atoms with Gasteiger partial charge in [0.05, 0.1) is 17.0 Å². The molecule has 1 aliphatic heterocycles. The number of nitrogens with zero attached hydrogens (tertiary/aromatic N) is 1. The molecule has 4 heteroatoms. The average Bonchev–Trinajstić information content (AvgIpc) is 2.50. The van der Waals surface area contributed by atoms with Gasteiger partial charge >= 0.3 is 0 Å². The number of amides is 2. The highest BCUT2D eigenvalue weighted by atomic mass is 32.2. The summed E-state index contributed by atoms with van der Waals surface area (Å²) in [5.74, 6) is 0.0896. The third-order valence-electron chi connectivity index (χ3n) is 2.42. The minimum atomic E-state index is -0.172. The molecule has 0 saturated carbocycles. The molecular weight excluding hydrogens is 222 g/mol. The van der Waals surface area contributed by atoms with E-state index in [9.17, 15) is 9.59 Å². The van der Waals surface area contributed by atoms with Crippen molar-refractivity contribution < 1.29 is 9.59 Å². The van der Waals surface area contributed by atoms with Crippen molar-refractivity contribution in [2.24, 2.45) is 0 Å². The van der Waals surface area contributed by atoms with E-state index >= 15 is 0 Å². The summed E-state index contributed by atoms with van der Waals surface area (Å²) in [6.07, 6.45) is 0. The van der Waals surface area contributed by atoms with Crippen LogP contribution < -0.4 is 0 Å². The maximum absolute atomic E-state index is 11.9. The topological polar surface area (TPSA) is 37.4 Å². The first kappa shape index (κ1) is 11.2. The van der Waals surface area contributed by atoms with E-state index in [-0.39, 0.29) is 11.8 Å². The van der Waals surface area contributed by atoms with Crippen LogP contribution in [-0.2, 0) is 0 Å². The Morgan fingerprint density at radius 1 is 1.12 bits per heavy atom. The first-order valence-electron chi connectivity index (χ1n) is 5.18. The van der Waals surface area contributed by atoms with Crippen molar-refractivity contribution in [1.82, 2.24) is 4.90 Å². The molecule has 0 atom stereocenters. The van der Waals surface area contributed by atoms with Gasteiger partial charge in [-0.1, -0.05) is 26.0 Å². The molecule has 0 radical (unpaired) electrons. The zero-order chi connectivity index (χ0) is 11.7. The monoisotopic (exact) mass is 235 g/mol. The van der Waals surface area contributed by atoms with Gasteiger partial charge in [-0.25, -0.2) is 0 Å². The van der Waals surface area contributed by atoms with Crippen molar-refractivity contribution in [3.63, 3.8) is 0 Å². The highest BCUT2D eigenvalue weighted by Crippen LogP contribution is 2.25. The predicted molar refractivity (Wildman–Crippen MR) is 64.5 cm³/mol. The fourth-order valence-electron chi connectivity index (χ4n) is 1.58. The molecule has 84 valence electrons. The zero-order valence-electron chi connectivity index (χ0n) is 9.27. The number of thioether (sulfide) groups is 1. The van der Waals surface area contributed by atoms with E-state index in [2.05, 4.69) is 0 Å². The van der Waals surface area contributed by atoms with E-state index in [1.165, 1.54) is 4.90 Å². The molecule has 0 bridgehead atoms. The quantitative estimate of drug-likeness (QED) is 0.755. The molecule has 0 unspecified atom stereocenters. The van der Waals surface area contributed by atoms with Crippen molar-refractivity contribution in [1.29, 1.82) is 0 Å². The highest BCUT2D eigenvalue weighted by molar-refractivity contribution is 7.99. The minimum Gasteiger partial charge on any atom is -0.269 e. The first-order chi connectivity index (χ1) is 7.61. The summed E-state index contributed by atoms with van der Waals surface area (Å²) in [7, 11) is 0. The molecule has 0 fully saturated rings. The van der Waals surface area contributed by atoms with E-state index in [0.29, 0.717) is 22.3 Å². The van der Waals surface area contributed by atoms with Gasteiger partial charge in [-0.05, 0) is 12.1 Å². The summed E-state index contributed by atoms with van der Waals surface area (Å²) in [5.41, 5.74) is 1.05. The van der Waals surface area contributed by atoms with Gasteiger partial charge in [0.15, 0.2) is 0 Å². The number of carbonyl (C=O) groups is 2. The second-order valence-electron chi connectivity index (χ2n) is 3.93. The number of hydrogen-bond donors (Lipinski definition) is 0. The van der Waals surface area contributed by atoms with E-state index in [1.807, 2.05) is 13.8 Å². The van der Waals surface area contributed by atoms with Crippen molar-refractivity contribution in [3.05, 3.63) is 35.4 Å². The minimum absolute atomic E-state index is 0.172. The van der Waals surface area contributed by atoms with Crippen LogP contribution in [0.15, 0.2) is 24.3 Å². The number of rotatable bonds is 3. The number of hydrogen-bond acceptors (Lipinski definition) is 3. The van der Waals surface area contributed by atoms with Crippen LogP contribution in [0.3, 0.4) is 0 Å². The smallest absolute Gasteiger partial charge is 0.262 e. The van der Waals surface area contributed by atoms with Crippen LogP contribution in [-0.4, -0.2) is 27.8 Å². The number of fused-ring (bicyclic) bond motifs is 1. The first-order valence-corrected chi connectivity index (χ1v) is 6.23. The largest absolute Gasteiger partial charge is 0.269 e. The summed E-state index contributed by atoms with van der Waals surface area (Å²) in [6, 6.07) is 6.97. The van der Waals surface area contributed by atoms with Gasteiger partial charge in [-0.15, -0.1) is 11.8 Å². The Labute approximate surface area is 98.8 Å². The normalized spacial score (nSPS) is 14.8. The highest BCUT2D eigenvalue weighted by Gasteiger charge is 2.34. The fourth-order valence-corrected chi connectivity index (χ4v) is 2.26. The molecule has 0 N–H and O–H groups in total. The van der Waals surface area contributed by atoms with Crippen LogP contribution >= 0.6 is 11.8 Å². The van der Waals surface area contributed by atoms with Gasteiger partial charge in [-0.3, -0.25) is 14.5 Å². The molecular formula is C12H13NO2S. The summed E-state index contributed by atoms with van der Waals surface area (Å²) in [4.78, 5) is 25.1. The Kier molecular flexibility index (Phi) is 3.01. The van der Waals surface area contributed by atoms with Crippen LogP contribution in [0.25, 0.3) is 0 Å². The lowest BCUT2D eigenvalue weighted by molar-refractivity contribution is 0.0684. The van der Waals surface area contributed by atoms with Crippen LogP contribution in [0, 0.1) is 0 Å². The molecule has 1 aromatic rings. The van der Waals surface area contributed by atoms with Crippen LogP contribution in [0.2, 0.25) is 0 Å². The summed E-state index contributed by atoms with van der Waals surface area (Å²) >= 11 is 1.59. The maximum atomic E-state index is 11.9. The Hall–Kier alpha value is -1.29. The van der Waals surface area contributed by atoms with E-state index < -0.39 is 0 Å². The number of benzene rings is 1. The Morgan fingerprint density at radius 3 is 2.06 bits per heavy atom. The molecule has 2 amide bonds. The number of imide groups is 1. The standard InChI is InChI=1S/C12H13NO2S/c1-8(2)16-7-13-11(14)9-5-3-4-6-10(9)12(13)15/h3-6,8H,7H2,1-2H3. The Morgan fingerprint density at radius 2 is 1.62 bits per heavy atom. The second-order valence-corrected chi connectivity index (χ2v) is 5.46. The molecule has 0 spiro atoms. The molecule has 3 nitrogen and oxygen atoms in total. The van der Waals surface area contributed by atoms with E-state index in [0.717, 1.165) is 0 Å². The second kappa shape index (κ2) is 4.29. The molecule has 1 heterocycles. The van der Waals surface area contributed by atoms with Gasteiger partial charge in [0.1, 0.15) is 0 Å². The lowest BCUT2D eigenvalue weighted by Crippen LogP contribution is -2.29. The van der Waals surface area contributed by atoms with E-state index in [1.54, 1.807) is 36.0 Å². The molecule has 0 aromatic heterocycles. The van der Waals surface area contributed by atoms with Crippen molar-refractivity contribution in [3.8, 4) is 0 Å². The zero-order valence-corrected chi connectivity index (χ0v) is 10.1. The SMILES string of the molecule is CC(C)SCN1C(=O)c2ccccc2C1=O. The van der Waals surface area contributed by atoms with Crippen LogP contribution in [0.1, 0.15) is 34.6 Å². The lowest BCUT2D eigenvalue weighted by Gasteiger charge is -2.14. The van der Waals surface area contributed by atoms with Crippen molar-refractivity contribution in [2.75, 3.05) is 5.88 Å². The third kappa shape index (κ3) is 1.85. The van der Waals surface area contributed by atoms with Gasteiger partial charge in [0, 0.05) is 5.25 Å². The predicted octanol–water partition coefficient (Wildman–Crippen LogP) is 2.38. The maximum Gasteiger partial charge on any atom is 0.262 e. The third-order valence-corrected chi connectivity index (χ3v) is 3.49.